The molecule has 0 bridgehead atoms. The molecule has 3 aromatic rings. The van der Waals surface area contributed by atoms with E-state index in [0.717, 1.165) is 16.5 Å². The van der Waals surface area contributed by atoms with Crippen molar-refractivity contribution < 1.29 is 23.8 Å². The summed E-state index contributed by atoms with van der Waals surface area (Å²) >= 11 is 0. The Morgan fingerprint density at radius 3 is 2.40 bits per heavy atom. The maximum absolute atomic E-state index is 12.3. The highest BCUT2D eigenvalue weighted by Gasteiger charge is 2.21. The standard InChI is InChI=1S/C23H23NO6/c1-13-14(2)23(28)30-21-15(3)19(10-9-17(13)21)29-12-20(25)24-18(22(26)27)11-16-7-5-4-6-8-16/h4-10,18H,11-12H2,1-3H3,(H,24,25)(H,26,27)/t18-/m0/s1. The van der Waals surface area contributed by atoms with Gasteiger partial charge < -0.3 is 19.6 Å². The summed E-state index contributed by atoms with van der Waals surface area (Å²) in [4.78, 5) is 35.8. The first kappa shape index (κ1) is 21.1. The van der Waals surface area contributed by atoms with Crippen molar-refractivity contribution in [2.24, 2.45) is 0 Å². The van der Waals surface area contributed by atoms with Crippen LogP contribution in [0, 0.1) is 20.8 Å². The summed E-state index contributed by atoms with van der Waals surface area (Å²) in [6.45, 7) is 4.93. The zero-order valence-corrected chi connectivity index (χ0v) is 17.0. The lowest BCUT2D eigenvalue weighted by Gasteiger charge is -2.16. The quantitative estimate of drug-likeness (QED) is 0.581. The number of fused-ring (bicyclic) bond motifs is 1. The molecular formula is C23H23NO6. The SMILES string of the molecule is Cc1c(C)c2ccc(OCC(=O)N[C@@H](Cc3ccccc3)C(=O)O)c(C)c2oc1=O. The van der Waals surface area contributed by atoms with Gasteiger partial charge in [0.15, 0.2) is 6.61 Å². The lowest BCUT2D eigenvalue weighted by molar-refractivity contribution is -0.142. The van der Waals surface area contributed by atoms with Crippen LogP contribution in [0.15, 0.2) is 51.7 Å². The van der Waals surface area contributed by atoms with E-state index in [9.17, 15) is 19.5 Å². The molecule has 2 aromatic carbocycles. The van der Waals surface area contributed by atoms with Gasteiger partial charge in [-0.15, -0.1) is 0 Å². The van der Waals surface area contributed by atoms with E-state index < -0.39 is 23.5 Å². The zero-order chi connectivity index (χ0) is 21.8. The molecule has 1 heterocycles. The van der Waals surface area contributed by atoms with E-state index in [2.05, 4.69) is 5.32 Å². The molecule has 0 aliphatic heterocycles. The largest absolute Gasteiger partial charge is 0.483 e. The van der Waals surface area contributed by atoms with Gasteiger partial charge in [-0.3, -0.25) is 4.79 Å². The Morgan fingerprint density at radius 2 is 1.73 bits per heavy atom. The Kier molecular flexibility index (Phi) is 6.20. The molecule has 0 fully saturated rings. The number of rotatable bonds is 7. The van der Waals surface area contributed by atoms with Crippen LogP contribution in [0.3, 0.4) is 0 Å². The van der Waals surface area contributed by atoms with Crippen LogP contribution in [-0.2, 0) is 16.0 Å². The summed E-state index contributed by atoms with van der Waals surface area (Å²) in [7, 11) is 0. The minimum atomic E-state index is -1.12. The molecule has 0 saturated carbocycles. The van der Waals surface area contributed by atoms with Crippen molar-refractivity contribution in [1.82, 2.24) is 5.32 Å². The second-order valence-electron chi connectivity index (χ2n) is 7.14. The van der Waals surface area contributed by atoms with Gasteiger partial charge in [-0.1, -0.05) is 30.3 Å². The number of nitrogens with one attached hydrogen (secondary N) is 1. The summed E-state index contributed by atoms with van der Waals surface area (Å²) in [6, 6.07) is 11.5. The lowest BCUT2D eigenvalue weighted by atomic mass is 10.0. The second kappa shape index (κ2) is 8.82. The third kappa shape index (κ3) is 4.51. The van der Waals surface area contributed by atoms with E-state index >= 15 is 0 Å². The minimum Gasteiger partial charge on any atom is -0.483 e. The van der Waals surface area contributed by atoms with Crippen LogP contribution in [0.25, 0.3) is 11.0 Å². The summed E-state index contributed by atoms with van der Waals surface area (Å²) in [5.74, 6) is -1.29. The average Bonchev–Trinajstić information content (AvgIpc) is 2.72. The van der Waals surface area contributed by atoms with Crippen LogP contribution < -0.4 is 15.7 Å². The van der Waals surface area contributed by atoms with Crippen molar-refractivity contribution in [2.45, 2.75) is 33.2 Å². The Balaban J connectivity index is 1.71. The van der Waals surface area contributed by atoms with Gasteiger partial charge in [0.05, 0.1) is 0 Å². The van der Waals surface area contributed by atoms with Gasteiger partial charge in [0.2, 0.25) is 0 Å². The minimum absolute atomic E-state index is 0.167. The second-order valence-corrected chi connectivity index (χ2v) is 7.14. The zero-order valence-electron chi connectivity index (χ0n) is 17.0. The first-order valence-corrected chi connectivity index (χ1v) is 9.50. The molecule has 156 valence electrons. The van der Waals surface area contributed by atoms with Crippen molar-refractivity contribution in [3.05, 3.63) is 75.1 Å². The van der Waals surface area contributed by atoms with Gasteiger partial charge in [-0.05, 0) is 44.0 Å². The number of carboxylic acid groups (broad SMARTS) is 1. The van der Waals surface area contributed by atoms with E-state index in [1.54, 1.807) is 38.1 Å². The number of carbonyl (C=O) groups excluding carboxylic acids is 1. The van der Waals surface area contributed by atoms with E-state index in [0.29, 0.717) is 22.5 Å². The van der Waals surface area contributed by atoms with E-state index in [4.69, 9.17) is 9.15 Å². The van der Waals surface area contributed by atoms with E-state index in [1.165, 1.54) is 0 Å². The highest BCUT2D eigenvalue weighted by atomic mass is 16.5. The van der Waals surface area contributed by atoms with Crippen LogP contribution in [0.2, 0.25) is 0 Å². The molecule has 1 aromatic heterocycles. The van der Waals surface area contributed by atoms with E-state index in [1.807, 2.05) is 25.1 Å². The number of ether oxygens (including phenoxy) is 1. The highest BCUT2D eigenvalue weighted by molar-refractivity contribution is 5.86. The van der Waals surface area contributed by atoms with Crippen LogP contribution in [-0.4, -0.2) is 29.6 Å². The number of amides is 1. The number of carboxylic acids is 1. The summed E-state index contributed by atoms with van der Waals surface area (Å²) < 4.78 is 11.0. The molecule has 0 spiro atoms. The van der Waals surface area contributed by atoms with Crippen LogP contribution in [0.5, 0.6) is 5.75 Å². The van der Waals surface area contributed by atoms with Crippen LogP contribution in [0.4, 0.5) is 0 Å². The summed E-state index contributed by atoms with van der Waals surface area (Å²) in [6.07, 6.45) is 0.167. The Bertz CT molecular complexity index is 1150. The fourth-order valence-corrected chi connectivity index (χ4v) is 3.21. The van der Waals surface area contributed by atoms with E-state index in [-0.39, 0.29) is 13.0 Å². The van der Waals surface area contributed by atoms with Crippen LogP contribution >= 0.6 is 0 Å². The lowest BCUT2D eigenvalue weighted by Crippen LogP contribution is -2.44. The van der Waals surface area contributed by atoms with Gasteiger partial charge in [0, 0.05) is 22.9 Å². The van der Waals surface area contributed by atoms with Gasteiger partial charge >= 0.3 is 11.6 Å². The van der Waals surface area contributed by atoms with Crippen molar-refractivity contribution in [1.29, 1.82) is 0 Å². The first-order valence-electron chi connectivity index (χ1n) is 9.50. The molecule has 2 N–H and O–H groups in total. The Labute approximate surface area is 173 Å². The van der Waals surface area contributed by atoms with Crippen molar-refractivity contribution in [2.75, 3.05) is 6.61 Å². The number of aryl methyl sites for hydroxylation is 2. The molecule has 1 atom stereocenters. The molecule has 0 saturated heterocycles. The number of aliphatic carboxylic acids is 1. The maximum Gasteiger partial charge on any atom is 0.339 e. The van der Waals surface area contributed by atoms with Gasteiger partial charge in [-0.2, -0.15) is 0 Å². The smallest absolute Gasteiger partial charge is 0.339 e. The predicted molar refractivity (Wildman–Crippen MR) is 112 cm³/mol. The molecule has 0 radical (unpaired) electrons. The van der Waals surface area contributed by atoms with Crippen molar-refractivity contribution >= 4 is 22.8 Å². The summed E-state index contributed by atoms with van der Waals surface area (Å²) in [5, 5.41) is 12.7. The Morgan fingerprint density at radius 1 is 1.03 bits per heavy atom. The molecule has 30 heavy (non-hydrogen) atoms. The molecule has 0 aliphatic carbocycles. The van der Waals surface area contributed by atoms with Gasteiger partial charge in [0.25, 0.3) is 5.91 Å². The van der Waals surface area contributed by atoms with Crippen molar-refractivity contribution in [3.63, 3.8) is 0 Å². The van der Waals surface area contributed by atoms with Gasteiger partial charge in [-0.25, -0.2) is 9.59 Å². The predicted octanol–water partition coefficient (Wildman–Crippen LogP) is 2.91. The molecule has 7 heteroatoms. The molecule has 3 rings (SSSR count). The molecule has 0 aliphatic rings. The summed E-state index contributed by atoms with van der Waals surface area (Å²) in [5.41, 5.74) is 2.78. The third-order valence-electron chi connectivity index (χ3n) is 5.10. The number of benzene rings is 2. The maximum atomic E-state index is 12.3. The highest BCUT2D eigenvalue weighted by Crippen LogP contribution is 2.29. The van der Waals surface area contributed by atoms with Crippen LogP contribution in [0.1, 0.15) is 22.3 Å². The van der Waals surface area contributed by atoms with Crippen molar-refractivity contribution in [3.8, 4) is 5.75 Å². The fourth-order valence-electron chi connectivity index (χ4n) is 3.21. The number of carbonyl (C=O) groups is 2. The van der Waals surface area contributed by atoms with Gasteiger partial charge in [0.1, 0.15) is 17.4 Å². The number of hydrogen-bond donors (Lipinski definition) is 2. The molecule has 7 nitrogen and oxygen atoms in total. The topological polar surface area (TPSA) is 106 Å². The molecular weight excluding hydrogens is 386 g/mol. The molecule has 1 amide bonds. The average molecular weight is 409 g/mol. The first-order chi connectivity index (χ1) is 14.3. The Hall–Kier alpha value is -3.61. The third-order valence-corrected chi connectivity index (χ3v) is 5.10. The number of hydrogen-bond acceptors (Lipinski definition) is 5. The fraction of sp³-hybridized carbons (Fsp3) is 0.261. The monoisotopic (exact) mass is 409 g/mol. The normalized spacial score (nSPS) is 11.8. The molecule has 0 unspecified atom stereocenters.